The second kappa shape index (κ2) is 4.09. The average molecular weight is 194 g/mol. The predicted molar refractivity (Wildman–Crippen MR) is 54.6 cm³/mol. The van der Waals surface area contributed by atoms with Crippen molar-refractivity contribution in [2.45, 2.75) is 38.8 Å². The molecule has 4 nitrogen and oxygen atoms in total. The third kappa shape index (κ3) is 1.95. The summed E-state index contributed by atoms with van der Waals surface area (Å²) in [5, 5.41) is 11.4. The molecule has 1 aliphatic rings. The van der Waals surface area contributed by atoms with Gasteiger partial charge < -0.3 is 9.88 Å². The fourth-order valence-electron chi connectivity index (χ4n) is 1.83. The molecular formula is C10H18N4. The van der Waals surface area contributed by atoms with Crippen LogP contribution in [-0.4, -0.2) is 20.8 Å². The minimum Gasteiger partial charge on any atom is -0.320 e. The van der Waals surface area contributed by atoms with Crippen LogP contribution >= 0.6 is 0 Å². The smallest absolute Gasteiger partial charge is 0.146 e. The fraction of sp³-hybridized carbons (Fsp3) is 0.800. The molecule has 1 fully saturated rings. The first kappa shape index (κ1) is 9.65. The third-order valence-electron chi connectivity index (χ3n) is 3.24. The van der Waals surface area contributed by atoms with E-state index in [9.17, 15) is 0 Å². The van der Waals surface area contributed by atoms with Crippen LogP contribution < -0.4 is 5.32 Å². The molecule has 1 aromatic heterocycles. The van der Waals surface area contributed by atoms with Crippen LogP contribution in [0.5, 0.6) is 0 Å². The van der Waals surface area contributed by atoms with Gasteiger partial charge in [-0.15, -0.1) is 10.2 Å². The van der Waals surface area contributed by atoms with Crippen molar-refractivity contribution in [3.05, 3.63) is 12.2 Å². The molecule has 0 radical (unpaired) electrons. The molecule has 1 heterocycles. The average Bonchev–Trinajstić information content (AvgIpc) is 2.44. The Labute approximate surface area is 84.7 Å². The predicted octanol–water partition coefficient (Wildman–Crippen LogP) is 1.09. The number of aryl methyl sites for hydroxylation is 1. The monoisotopic (exact) mass is 194 g/mol. The van der Waals surface area contributed by atoms with Gasteiger partial charge in [-0.1, -0.05) is 6.42 Å². The molecule has 0 bridgehead atoms. The van der Waals surface area contributed by atoms with Gasteiger partial charge in [0.05, 0.1) is 6.54 Å². The maximum absolute atomic E-state index is 4.04. The van der Waals surface area contributed by atoms with Gasteiger partial charge in [0.15, 0.2) is 0 Å². The molecule has 1 atom stereocenters. The van der Waals surface area contributed by atoms with Gasteiger partial charge >= 0.3 is 0 Å². The second-order valence-electron chi connectivity index (χ2n) is 4.22. The van der Waals surface area contributed by atoms with Gasteiger partial charge in [-0.2, -0.15) is 0 Å². The van der Waals surface area contributed by atoms with Crippen LogP contribution in [0.4, 0.5) is 0 Å². The van der Waals surface area contributed by atoms with E-state index in [2.05, 4.69) is 22.4 Å². The summed E-state index contributed by atoms with van der Waals surface area (Å²) in [6.07, 6.45) is 5.91. The highest BCUT2D eigenvalue weighted by Crippen LogP contribution is 2.29. The lowest BCUT2D eigenvalue weighted by Gasteiger charge is -2.31. The van der Waals surface area contributed by atoms with Crippen molar-refractivity contribution in [3.63, 3.8) is 0 Å². The van der Waals surface area contributed by atoms with E-state index in [4.69, 9.17) is 0 Å². The summed E-state index contributed by atoms with van der Waals surface area (Å²) in [6, 6.07) is 0.612. The Bertz CT molecular complexity index is 290. The van der Waals surface area contributed by atoms with Crippen molar-refractivity contribution < 1.29 is 0 Å². The summed E-state index contributed by atoms with van der Waals surface area (Å²) in [7, 11) is 1.98. The van der Waals surface area contributed by atoms with Crippen LogP contribution in [0.15, 0.2) is 6.33 Å². The molecular weight excluding hydrogens is 176 g/mol. The highest BCUT2D eigenvalue weighted by atomic mass is 15.3. The van der Waals surface area contributed by atoms with E-state index in [1.807, 2.05) is 11.6 Å². The standard InChI is InChI=1S/C10H18N4/c1-8(9-4-3-5-9)11-6-10-13-12-7-14(10)2/h7-9,11H,3-6H2,1-2H3. The third-order valence-corrected chi connectivity index (χ3v) is 3.24. The zero-order valence-corrected chi connectivity index (χ0v) is 8.90. The number of hydrogen-bond donors (Lipinski definition) is 1. The normalized spacial score (nSPS) is 19.3. The number of hydrogen-bond acceptors (Lipinski definition) is 3. The molecule has 0 amide bonds. The van der Waals surface area contributed by atoms with Gasteiger partial charge in [0.2, 0.25) is 0 Å². The van der Waals surface area contributed by atoms with Crippen LogP contribution in [0.2, 0.25) is 0 Å². The maximum atomic E-state index is 4.04. The number of rotatable bonds is 4. The zero-order chi connectivity index (χ0) is 9.97. The summed E-state index contributed by atoms with van der Waals surface area (Å²) in [5.74, 6) is 1.89. The number of nitrogens with zero attached hydrogens (tertiary/aromatic N) is 3. The van der Waals surface area contributed by atoms with Gasteiger partial charge in [-0.3, -0.25) is 0 Å². The summed E-state index contributed by atoms with van der Waals surface area (Å²) < 4.78 is 1.96. The Morgan fingerprint density at radius 2 is 2.43 bits per heavy atom. The lowest BCUT2D eigenvalue weighted by atomic mass is 9.80. The summed E-state index contributed by atoms with van der Waals surface area (Å²) in [5.41, 5.74) is 0. The number of nitrogens with one attached hydrogen (secondary N) is 1. The molecule has 1 aliphatic carbocycles. The molecule has 0 aliphatic heterocycles. The Kier molecular flexibility index (Phi) is 2.82. The van der Waals surface area contributed by atoms with Crippen molar-refractivity contribution in [1.29, 1.82) is 0 Å². The van der Waals surface area contributed by atoms with E-state index >= 15 is 0 Å². The van der Waals surface area contributed by atoms with Crippen molar-refractivity contribution in [3.8, 4) is 0 Å². The fourth-order valence-corrected chi connectivity index (χ4v) is 1.83. The quantitative estimate of drug-likeness (QED) is 0.780. The lowest BCUT2D eigenvalue weighted by molar-refractivity contribution is 0.238. The van der Waals surface area contributed by atoms with Crippen LogP contribution in [0.25, 0.3) is 0 Å². The van der Waals surface area contributed by atoms with E-state index in [0.29, 0.717) is 6.04 Å². The lowest BCUT2D eigenvalue weighted by Crippen LogP contribution is -2.37. The van der Waals surface area contributed by atoms with Crippen molar-refractivity contribution >= 4 is 0 Å². The zero-order valence-electron chi connectivity index (χ0n) is 8.90. The van der Waals surface area contributed by atoms with Gasteiger partial charge in [0.1, 0.15) is 12.2 Å². The molecule has 2 rings (SSSR count). The Hall–Kier alpha value is -0.900. The van der Waals surface area contributed by atoms with E-state index in [1.54, 1.807) is 6.33 Å². The second-order valence-corrected chi connectivity index (χ2v) is 4.22. The molecule has 0 spiro atoms. The van der Waals surface area contributed by atoms with E-state index in [-0.39, 0.29) is 0 Å². The van der Waals surface area contributed by atoms with E-state index in [0.717, 1.165) is 18.3 Å². The maximum Gasteiger partial charge on any atom is 0.146 e. The highest BCUT2D eigenvalue weighted by molar-refractivity contribution is 4.86. The molecule has 0 saturated heterocycles. The molecule has 78 valence electrons. The van der Waals surface area contributed by atoms with Crippen LogP contribution in [0.1, 0.15) is 32.0 Å². The minimum absolute atomic E-state index is 0.612. The van der Waals surface area contributed by atoms with Crippen LogP contribution in [-0.2, 0) is 13.6 Å². The molecule has 0 aromatic carbocycles. The Morgan fingerprint density at radius 3 is 2.93 bits per heavy atom. The molecule has 1 unspecified atom stereocenters. The first-order valence-electron chi connectivity index (χ1n) is 5.33. The largest absolute Gasteiger partial charge is 0.320 e. The highest BCUT2D eigenvalue weighted by Gasteiger charge is 2.23. The summed E-state index contributed by atoms with van der Waals surface area (Å²) in [6.45, 7) is 3.09. The van der Waals surface area contributed by atoms with Gasteiger partial charge in [-0.05, 0) is 25.7 Å². The first-order valence-corrected chi connectivity index (χ1v) is 5.33. The van der Waals surface area contributed by atoms with Gasteiger partial charge in [-0.25, -0.2) is 0 Å². The topological polar surface area (TPSA) is 42.7 Å². The van der Waals surface area contributed by atoms with Gasteiger partial charge in [0.25, 0.3) is 0 Å². The Balaban J connectivity index is 1.79. The molecule has 14 heavy (non-hydrogen) atoms. The van der Waals surface area contributed by atoms with E-state index < -0.39 is 0 Å². The van der Waals surface area contributed by atoms with Gasteiger partial charge in [0, 0.05) is 13.1 Å². The molecule has 1 saturated carbocycles. The van der Waals surface area contributed by atoms with Crippen molar-refractivity contribution in [2.75, 3.05) is 0 Å². The van der Waals surface area contributed by atoms with Crippen molar-refractivity contribution in [2.24, 2.45) is 13.0 Å². The molecule has 4 heteroatoms. The summed E-state index contributed by atoms with van der Waals surface area (Å²) in [4.78, 5) is 0. The Morgan fingerprint density at radius 1 is 1.64 bits per heavy atom. The van der Waals surface area contributed by atoms with Crippen LogP contribution in [0.3, 0.4) is 0 Å². The number of aromatic nitrogens is 3. The first-order chi connectivity index (χ1) is 6.77. The SMILES string of the molecule is CC(NCc1nncn1C)C1CCC1. The molecule has 1 N–H and O–H groups in total. The van der Waals surface area contributed by atoms with Crippen LogP contribution in [0, 0.1) is 5.92 Å². The van der Waals surface area contributed by atoms with Crippen molar-refractivity contribution in [1.82, 2.24) is 20.1 Å². The minimum atomic E-state index is 0.612. The summed E-state index contributed by atoms with van der Waals surface area (Å²) >= 11 is 0. The van der Waals surface area contributed by atoms with E-state index in [1.165, 1.54) is 19.3 Å². The molecule has 1 aromatic rings.